The topological polar surface area (TPSA) is 56.1 Å². The van der Waals surface area contributed by atoms with Crippen LogP contribution in [0.2, 0.25) is 5.02 Å². The van der Waals surface area contributed by atoms with Gasteiger partial charge in [0.25, 0.3) is 5.56 Å². The Bertz CT molecular complexity index is 637. The molecule has 132 valence electrons. The number of ether oxygens (including phenoxy) is 1. The number of hydrogen-bond donors (Lipinski definition) is 1. The van der Waals surface area contributed by atoms with Gasteiger partial charge in [0.05, 0.1) is 17.4 Å². The number of halogens is 1. The zero-order valence-corrected chi connectivity index (χ0v) is 15.0. The molecule has 1 heterocycles. The second-order valence-electron chi connectivity index (χ2n) is 8.00. The molecule has 4 bridgehead atoms. The largest absolute Gasteiger partial charge is 0.385 e. The smallest absolute Gasteiger partial charge is 0.288 e. The second-order valence-corrected chi connectivity index (χ2v) is 8.38. The Morgan fingerprint density at radius 1 is 1.29 bits per heavy atom. The Kier molecular flexibility index (Phi) is 4.33. The summed E-state index contributed by atoms with van der Waals surface area (Å²) in [5.74, 6) is 2.32. The third-order valence-corrected chi connectivity index (χ3v) is 6.58. The van der Waals surface area contributed by atoms with Crippen molar-refractivity contribution >= 4 is 17.3 Å². The van der Waals surface area contributed by atoms with Gasteiger partial charge < -0.3 is 10.1 Å². The van der Waals surface area contributed by atoms with Crippen molar-refractivity contribution in [2.75, 3.05) is 25.6 Å². The van der Waals surface area contributed by atoms with Gasteiger partial charge in [0, 0.05) is 20.3 Å². The van der Waals surface area contributed by atoms with E-state index in [9.17, 15) is 4.79 Å². The van der Waals surface area contributed by atoms with Crippen molar-refractivity contribution in [2.24, 2.45) is 17.8 Å². The standard InChI is InChI=1S/C18H26ClN3O2/c1-24-4-2-3-20-15-11-21-22(17(23)16(15)19)18-8-12-5-13(9-18)7-14(6-12)10-18/h11-14,20H,2-10H2,1H3. The van der Waals surface area contributed by atoms with Crippen molar-refractivity contribution in [3.63, 3.8) is 0 Å². The number of nitrogens with one attached hydrogen (secondary N) is 1. The van der Waals surface area contributed by atoms with E-state index in [-0.39, 0.29) is 16.1 Å². The van der Waals surface area contributed by atoms with Crippen molar-refractivity contribution in [3.05, 3.63) is 21.6 Å². The number of rotatable bonds is 6. The molecule has 4 fully saturated rings. The summed E-state index contributed by atoms with van der Waals surface area (Å²) in [6, 6.07) is 0. The summed E-state index contributed by atoms with van der Waals surface area (Å²) in [6.07, 6.45) is 9.94. The van der Waals surface area contributed by atoms with Gasteiger partial charge in [-0.1, -0.05) is 11.6 Å². The molecule has 5 rings (SSSR count). The summed E-state index contributed by atoms with van der Waals surface area (Å²) >= 11 is 6.38. The highest BCUT2D eigenvalue weighted by Gasteiger charge is 2.53. The first-order valence-corrected chi connectivity index (χ1v) is 9.50. The van der Waals surface area contributed by atoms with Crippen LogP contribution in [0.1, 0.15) is 44.9 Å². The molecule has 0 atom stereocenters. The van der Waals surface area contributed by atoms with E-state index in [2.05, 4.69) is 10.4 Å². The van der Waals surface area contributed by atoms with Crippen LogP contribution in [-0.2, 0) is 10.3 Å². The average molecular weight is 352 g/mol. The zero-order valence-electron chi connectivity index (χ0n) is 14.3. The molecule has 0 aromatic carbocycles. The molecule has 5 nitrogen and oxygen atoms in total. The Balaban J connectivity index is 1.58. The van der Waals surface area contributed by atoms with Gasteiger partial charge in [-0.15, -0.1) is 0 Å². The Morgan fingerprint density at radius 3 is 2.50 bits per heavy atom. The minimum absolute atomic E-state index is 0.0793. The van der Waals surface area contributed by atoms with Gasteiger partial charge in [-0.05, 0) is 62.7 Å². The maximum absolute atomic E-state index is 12.9. The van der Waals surface area contributed by atoms with Crippen LogP contribution in [0.4, 0.5) is 5.69 Å². The minimum atomic E-state index is -0.129. The van der Waals surface area contributed by atoms with E-state index < -0.39 is 0 Å². The molecule has 4 aliphatic rings. The van der Waals surface area contributed by atoms with Gasteiger partial charge in [-0.2, -0.15) is 5.10 Å². The molecule has 0 saturated heterocycles. The molecular weight excluding hydrogens is 326 g/mol. The summed E-state index contributed by atoms with van der Waals surface area (Å²) in [5, 5.41) is 8.03. The van der Waals surface area contributed by atoms with Crippen LogP contribution in [0.15, 0.2) is 11.0 Å². The van der Waals surface area contributed by atoms with Crippen LogP contribution in [0.3, 0.4) is 0 Å². The first kappa shape index (κ1) is 16.4. The van der Waals surface area contributed by atoms with E-state index >= 15 is 0 Å². The lowest BCUT2D eigenvalue weighted by atomic mass is 9.53. The summed E-state index contributed by atoms with van der Waals surface area (Å²) in [4.78, 5) is 12.9. The normalized spacial score (nSPS) is 33.8. The maximum Gasteiger partial charge on any atom is 0.288 e. The van der Waals surface area contributed by atoms with Gasteiger partial charge in [0.15, 0.2) is 0 Å². The van der Waals surface area contributed by atoms with Crippen LogP contribution in [0, 0.1) is 17.8 Å². The van der Waals surface area contributed by atoms with Crippen molar-refractivity contribution in [3.8, 4) is 0 Å². The predicted molar refractivity (Wildman–Crippen MR) is 94.6 cm³/mol. The van der Waals surface area contributed by atoms with Crippen LogP contribution in [-0.4, -0.2) is 30.0 Å². The zero-order chi connectivity index (χ0) is 16.7. The number of anilines is 1. The Morgan fingerprint density at radius 2 is 1.92 bits per heavy atom. The number of hydrogen-bond acceptors (Lipinski definition) is 4. The summed E-state index contributed by atoms with van der Waals surface area (Å²) in [6.45, 7) is 1.40. The molecule has 0 unspecified atom stereocenters. The third-order valence-electron chi connectivity index (χ3n) is 6.21. The lowest BCUT2D eigenvalue weighted by Gasteiger charge is -2.56. The summed E-state index contributed by atoms with van der Waals surface area (Å²) in [7, 11) is 1.68. The van der Waals surface area contributed by atoms with Gasteiger partial charge in [-0.3, -0.25) is 4.79 Å². The summed E-state index contributed by atoms with van der Waals surface area (Å²) < 4.78 is 6.77. The molecule has 4 saturated carbocycles. The quantitative estimate of drug-likeness (QED) is 0.799. The van der Waals surface area contributed by atoms with Gasteiger partial charge >= 0.3 is 0 Å². The number of aromatic nitrogens is 2. The highest BCUT2D eigenvalue weighted by Crippen LogP contribution is 2.58. The Hall–Kier alpha value is -1.07. The molecule has 0 spiro atoms. The second kappa shape index (κ2) is 6.34. The fourth-order valence-corrected chi connectivity index (χ4v) is 5.85. The van der Waals surface area contributed by atoms with Gasteiger partial charge in [0.2, 0.25) is 0 Å². The van der Waals surface area contributed by atoms with Crippen molar-refractivity contribution in [1.29, 1.82) is 0 Å². The van der Waals surface area contributed by atoms with Crippen LogP contribution >= 0.6 is 11.6 Å². The molecule has 1 aromatic rings. The van der Waals surface area contributed by atoms with E-state index in [1.807, 2.05) is 0 Å². The van der Waals surface area contributed by atoms with Crippen LogP contribution in [0.25, 0.3) is 0 Å². The first-order chi connectivity index (χ1) is 11.6. The average Bonchev–Trinajstić information content (AvgIpc) is 2.54. The molecule has 0 aliphatic heterocycles. The highest BCUT2D eigenvalue weighted by molar-refractivity contribution is 6.32. The van der Waals surface area contributed by atoms with Crippen molar-refractivity contribution in [2.45, 2.75) is 50.5 Å². The number of nitrogens with zero attached hydrogens (tertiary/aromatic N) is 2. The van der Waals surface area contributed by atoms with Crippen molar-refractivity contribution < 1.29 is 4.74 Å². The Labute approximate surface area is 147 Å². The lowest BCUT2D eigenvalue weighted by Crippen LogP contribution is -2.55. The molecular formula is C18H26ClN3O2. The summed E-state index contributed by atoms with van der Waals surface area (Å²) in [5.41, 5.74) is 0.429. The van der Waals surface area contributed by atoms with E-state index in [0.717, 1.165) is 50.0 Å². The molecule has 1 N–H and O–H groups in total. The van der Waals surface area contributed by atoms with Crippen molar-refractivity contribution in [1.82, 2.24) is 9.78 Å². The molecule has 24 heavy (non-hydrogen) atoms. The molecule has 0 radical (unpaired) electrons. The molecule has 6 heteroatoms. The molecule has 0 amide bonds. The minimum Gasteiger partial charge on any atom is -0.385 e. The maximum atomic E-state index is 12.9. The van der Waals surface area contributed by atoms with E-state index in [4.69, 9.17) is 16.3 Å². The van der Waals surface area contributed by atoms with Gasteiger partial charge in [-0.25, -0.2) is 4.68 Å². The van der Waals surface area contributed by atoms with Crippen LogP contribution in [0.5, 0.6) is 0 Å². The fraction of sp³-hybridized carbons (Fsp3) is 0.778. The van der Waals surface area contributed by atoms with E-state index in [1.54, 1.807) is 18.0 Å². The first-order valence-electron chi connectivity index (χ1n) is 9.12. The highest BCUT2D eigenvalue weighted by atomic mass is 35.5. The van der Waals surface area contributed by atoms with E-state index in [1.165, 1.54) is 19.3 Å². The lowest BCUT2D eigenvalue weighted by molar-refractivity contribution is -0.0518. The fourth-order valence-electron chi connectivity index (χ4n) is 5.66. The SMILES string of the molecule is COCCCNc1cnn(C23CC4CC(CC(C4)C2)C3)c(=O)c1Cl. The van der Waals surface area contributed by atoms with E-state index in [0.29, 0.717) is 12.3 Å². The molecule has 4 aliphatic carbocycles. The molecule has 1 aromatic heterocycles. The van der Waals surface area contributed by atoms with Crippen LogP contribution < -0.4 is 10.9 Å². The van der Waals surface area contributed by atoms with Gasteiger partial charge in [0.1, 0.15) is 5.02 Å². The predicted octanol–water partition coefficient (Wildman–Crippen LogP) is 3.27. The number of methoxy groups -OCH3 is 1. The monoisotopic (exact) mass is 351 g/mol. The third kappa shape index (κ3) is 2.76.